The molecule has 0 bridgehead atoms. The fourth-order valence-corrected chi connectivity index (χ4v) is 1.95. The zero-order chi connectivity index (χ0) is 13.0. The van der Waals surface area contributed by atoms with Crippen molar-refractivity contribution in [3.05, 3.63) is 60.7 Å². The van der Waals surface area contributed by atoms with E-state index in [0.29, 0.717) is 0 Å². The van der Waals surface area contributed by atoms with Crippen molar-refractivity contribution >= 4 is 27.5 Å². The van der Waals surface area contributed by atoms with Gasteiger partial charge in [-0.25, -0.2) is 0 Å². The normalized spacial score (nSPS) is 9.32. The molecule has 0 aromatic heterocycles. The van der Waals surface area contributed by atoms with Crippen molar-refractivity contribution in [1.82, 2.24) is 0 Å². The number of carboxylic acid groups (broad SMARTS) is 1. The second-order valence-corrected chi connectivity index (χ2v) is 4.03. The van der Waals surface area contributed by atoms with Gasteiger partial charge in [-0.1, -0.05) is 60.7 Å². The van der Waals surface area contributed by atoms with Crippen molar-refractivity contribution in [2.24, 2.45) is 0 Å². The van der Waals surface area contributed by atoms with Gasteiger partial charge in [0, 0.05) is 34.6 Å². The number of carboxylic acids is 1. The summed E-state index contributed by atoms with van der Waals surface area (Å²) in [6, 6.07) is 21.4. The van der Waals surface area contributed by atoms with Crippen molar-refractivity contribution in [2.45, 2.75) is 6.92 Å². The minimum absolute atomic E-state index is 0. The minimum atomic E-state index is -0.833. The van der Waals surface area contributed by atoms with Gasteiger partial charge in [0.25, 0.3) is 5.97 Å². The second kappa shape index (κ2) is 7.24. The molecular weight excluding hydrogens is 425 g/mol. The van der Waals surface area contributed by atoms with E-state index in [2.05, 4.69) is 60.7 Å². The fourth-order valence-electron chi connectivity index (χ4n) is 1.95. The van der Waals surface area contributed by atoms with Crippen LogP contribution in [0.15, 0.2) is 60.7 Å². The van der Waals surface area contributed by atoms with Gasteiger partial charge in [-0.15, -0.1) is 0 Å². The SMILES string of the molecule is CC(=O)O.[Hg].c1ccc2c(c1)ccc1ccccc12. The predicted molar refractivity (Wildman–Crippen MR) is 74.8 cm³/mol. The summed E-state index contributed by atoms with van der Waals surface area (Å²) >= 11 is 0. The van der Waals surface area contributed by atoms with Crippen LogP contribution >= 0.6 is 0 Å². The Morgan fingerprint density at radius 3 is 1.47 bits per heavy atom. The molecule has 0 saturated heterocycles. The molecule has 0 saturated carbocycles. The van der Waals surface area contributed by atoms with Gasteiger partial charge in [-0.05, 0) is 21.5 Å². The van der Waals surface area contributed by atoms with Gasteiger partial charge in [0.1, 0.15) is 0 Å². The first-order valence-electron chi connectivity index (χ1n) is 5.74. The molecule has 0 radical (unpaired) electrons. The summed E-state index contributed by atoms with van der Waals surface area (Å²) in [5.41, 5.74) is 0. The number of aliphatic carboxylic acids is 1. The topological polar surface area (TPSA) is 37.3 Å². The quantitative estimate of drug-likeness (QED) is 0.424. The molecule has 0 aliphatic heterocycles. The first-order valence-corrected chi connectivity index (χ1v) is 5.74. The maximum absolute atomic E-state index is 9.00. The molecule has 3 aromatic rings. The van der Waals surface area contributed by atoms with E-state index < -0.39 is 5.97 Å². The van der Waals surface area contributed by atoms with E-state index in [1.165, 1.54) is 21.5 Å². The summed E-state index contributed by atoms with van der Waals surface area (Å²) in [7, 11) is 0. The fraction of sp³-hybridized carbons (Fsp3) is 0.0625. The average Bonchev–Trinajstić information content (AvgIpc) is 2.38. The molecule has 2 nitrogen and oxygen atoms in total. The Balaban J connectivity index is 0.000000323. The Labute approximate surface area is 132 Å². The zero-order valence-corrected chi connectivity index (χ0v) is 16.3. The molecule has 0 unspecified atom stereocenters. The molecule has 19 heavy (non-hydrogen) atoms. The van der Waals surface area contributed by atoms with Gasteiger partial charge in [-0.3, -0.25) is 4.79 Å². The van der Waals surface area contributed by atoms with E-state index in [0.717, 1.165) is 6.92 Å². The van der Waals surface area contributed by atoms with Gasteiger partial charge in [0.2, 0.25) is 0 Å². The van der Waals surface area contributed by atoms with Crippen molar-refractivity contribution < 1.29 is 37.6 Å². The summed E-state index contributed by atoms with van der Waals surface area (Å²) in [6.07, 6.45) is 0. The van der Waals surface area contributed by atoms with Crippen molar-refractivity contribution in [3.8, 4) is 0 Å². The molecule has 92 valence electrons. The molecule has 3 aromatic carbocycles. The van der Waals surface area contributed by atoms with E-state index >= 15 is 0 Å². The van der Waals surface area contributed by atoms with Crippen molar-refractivity contribution in [2.75, 3.05) is 0 Å². The van der Waals surface area contributed by atoms with Crippen LogP contribution in [0.2, 0.25) is 0 Å². The number of hydrogen-bond donors (Lipinski definition) is 1. The van der Waals surface area contributed by atoms with E-state index in [1.54, 1.807) is 0 Å². The smallest absolute Gasteiger partial charge is 0.300 e. The number of benzene rings is 3. The second-order valence-electron chi connectivity index (χ2n) is 4.03. The van der Waals surface area contributed by atoms with Crippen LogP contribution in [0.1, 0.15) is 6.92 Å². The Hall–Kier alpha value is -1.41. The monoisotopic (exact) mass is 440 g/mol. The number of carbonyl (C=O) groups is 1. The molecule has 0 heterocycles. The third-order valence-corrected chi connectivity index (χ3v) is 2.65. The Morgan fingerprint density at radius 1 is 0.789 bits per heavy atom. The average molecular weight is 439 g/mol. The van der Waals surface area contributed by atoms with Gasteiger partial charge < -0.3 is 5.11 Å². The van der Waals surface area contributed by atoms with Gasteiger partial charge in [-0.2, -0.15) is 0 Å². The van der Waals surface area contributed by atoms with Gasteiger partial charge in [0.05, 0.1) is 0 Å². The summed E-state index contributed by atoms with van der Waals surface area (Å²) < 4.78 is 0. The Morgan fingerprint density at radius 2 is 1.11 bits per heavy atom. The van der Waals surface area contributed by atoms with E-state index in [9.17, 15) is 0 Å². The largest absolute Gasteiger partial charge is 0.481 e. The number of hydrogen-bond acceptors (Lipinski definition) is 1. The third-order valence-electron chi connectivity index (χ3n) is 2.65. The summed E-state index contributed by atoms with van der Waals surface area (Å²) in [6.45, 7) is 1.08. The van der Waals surface area contributed by atoms with Crippen LogP contribution in [-0.4, -0.2) is 11.1 Å². The van der Waals surface area contributed by atoms with Crippen LogP contribution in [0.3, 0.4) is 0 Å². The Kier molecular flexibility index (Phi) is 5.96. The van der Waals surface area contributed by atoms with Gasteiger partial charge >= 0.3 is 0 Å². The first kappa shape index (κ1) is 15.6. The summed E-state index contributed by atoms with van der Waals surface area (Å²) in [5.74, 6) is -0.833. The van der Waals surface area contributed by atoms with Crippen LogP contribution in [-0.2, 0) is 32.5 Å². The molecular formula is C16H14HgO2. The maximum Gasteiger partial charge on any atom is 0.300 e. The molecule has 1 N–H and O–H groups in total. The number of fused-ring (bicyclic) bond motifs is 3. The molecule has 0 fully saturated rings. The summed E-state index contributed by atoms with van der Waals surface area (Å²) in [4.78, 5) is 9.00. The molecule has 0 aliphatic carbocycles. The van der Waals surface area contributed by atoms with Crippen LogP contribution in [0.25, 0.3) is 21.5 Å². The van der Waals surface area contributed by atoms with Crippen LogP contribution in [0.5, 0.6) is 0 Å². The zero-order valence-electron chi connectivity index (χ0n) is 10.8. The molecule has 0 amide bonds. The first-order chi connectivity index (χ1) is 8.68. The molecule has 0 aliphatic rings. The molecule has 3 heteroatoms. The molecule has 0 spiro atoms. The van der Waals surface area contributed by atoms with Crippen LogP contribution in [0.4, 0.5) is 0 Å². The van der Waals surface area contributed by atoms with Crippen molar-refractivity contribution in [1.29, 1.82) is 0 Å². The van der Waals surface area contributed by atoms with Crippen LogP contribution in [0, 0.1) is 0 Å². The molecule has 3 rings (SSSR count). The number of rotatable bonds is 0. The summed E-state index contributed by atoms with van der Waals surface area (Å²) in [5, 5.41) is 12.7. The minimum Gasteiger partial charge on any atom is -0.481 e. The third kappa shape index (κ3) is 4.03. The molecule has 0 atom stereocenters. The van der Waals surface area contributed by atoms with Crippen LogP contribution < -0.4 is 0 Å². The predicted octanol–water partition coefficient (Wildman–Crippen LogP) is 4.08. The van der Waals surface area contributed by atoms with E-state index in [1.807, 2.05) is 0 Å². The Bertz CT molecular complexity index is 633. The standard InChI is InChI=1S/C14H10.C2H4O2.Hg/c1-3-7-13-11(5-1)9-10-12-6-2-4-8-14(12)13;1-2(3)4;/h1-10H;1H3,(H,3,4);. The van der Waals surface area contributed by atoms with E-state index in [-0.39, 0.29) is 27.7 Å². The van der Waals surface area contributed by atoms with E-state index in [4.69, 9.17) is 9.90 Å². The maximum atomic E-state index is 9.00. The van der Waals surface area contributed by atoms with Crippen molar-refractivity contribution in [3.63, 3.8) is 0 Å². The van der Waals surface area contributed by atoms with Gasteiger partial charge in [0.15, 0.2) is 0 Å².